The Morgan fingerprint density at radius 1 is 1.71 bits per heavy atom. The van der Waals surface area contributed by atoms with Gasteiger partial charge in [0.25, 0.3) is 0 Å². The Kier molecular flexibility index (Phi) is 4.18. The first-order chi connectivity index (χ1) is 6.69. The maximum atomic E-state index is 11.2. The molecule has 14 heavy (non-hydrogen) atoms. The fraction of sp³-hybridized carbons (Fsp3) is 0.300. The van der Waals surface area contributed by atoms with Gasteiger partial charge < -0.3 is 4.74 Å². The van der Waals surface area contributed by atoms with Crippen LogP contribution in [0.25, 0.3) is 0 Å². The SMILES string of the molecule is CCC#Cc1cc(Br)c(C(=O)OC)s1. The molecule has 1 aromatic rings. The van der Waals surface area contributed by atoms with Crippen LogP contribution in [0.1, 0.15) is 27.9 Å². The second-order valence-electron chi connectivity index (χ2n) is 2.43. The number of methoxy groups -OCH3 is 1. The Morgan fingerprint density at radius 2 is 2.43 bits per heavy atom. The third kappa shape index (κ3) is 2.60. The van der Waals surface area contributed by atoms with Crippen molar-refractivity contribution >= 4 is 33.2 Å². The molecule has 1 aromatic heterocycles. The molecule has 0 aliphatic rings. The number of carbonyl (C=O) groups excluding carboxylic acids is 1. The molecule has 0 radical (unpaired) electrons. The lowest BCUT2D eigenvalue weighted by Crippen LogP contribution is -1.97. The van der Waals surface area contributed by atoms with E-state index in [0.29, 0.717) is 4.88 Å². The first kappa shape index (κ1) is 11.3. The second kappa shape index (κ2) is 5.18. The van der Waals surface area contributed by atoms with Crippen LogP contribution < -0.4 is 0 Å². The molecule has 0 atom stereocenters. The van der Waals surface area contributed by atoms with E-state index < -0.39 is 0 Å². The van der Waals surface area contributed by atoms with Gasteiger partial charge in [0.05, 0.1) is 12.0 Å². The van der Waals surface area contributed by atoms with Gasteiger partial charge in [0, 0.05) is 10.9 Å². The van der Waals surface area contributed by atoms with Crippen LogP contribution in [-0.2, 0) is 4.74 Å². The number of hydrogen-bond donors (Lipinski definition) is 0. The van der Waals surface area contributed by atoms with Crippen molar-refractivity contribution < 1.29 is 9.53 Å². The molecule has 1 heterocycles. The second-order valence-corrected chi connectivity index (χ2v) is 4.34. The van der Waals surface area contributed by atoms with Crippen molar-refractivity contribution in [2.75, 3.05) is 7.11 Å². The molecular weight excluding hydrogens is 264 g/mol. The molecule has 0 aromatic carbocycles. The van der Waals surface area contributed by atoms with Crippen LogP contribution in [0.15, 0.2) is 10.5 Å². The molecule has 0 fully saturated rings. The zero-order valence-corrected chi connectivity index (χ0v) is 10.3. The van der Waals surface area contributed by atoms with Crippen molar-refractivity contribution in [3.05, 3.63) is 20.3 Å². The summed E-state index contributed by atoms with van der Waals surface area (Å²) in [7, 11) is 1.37. The van der Waals surface area contributed by atoms with E-state index in [1.54, 1.807) is 0 Å². The van der Waals surface area contributed by atoms with Crippen molar-refractivity contribution in [3.63, 3.8) is 0 Å². The summed E-state index contributed by atoms with van der Waals surface area (Å²) in [5.41, 5.74) is 0. The van der Waals surface area contributed by atoms with Crippen molar-refractivity contribution in [1.29, 1.82) is 0 Å². The summed E-state index contributed by atoms with van der Waals surface area (Å²) >= 11 is 4.63. The highest BCUT2D eigenvalue weighted by atomic mass is 79.9. The molecule has 74 valence electrons. The largest absolute Gasteiger partial charge is 0.465 e. The predicted molar refractivity (Wildman–Crippen MR) is 60.5 cm³/mol. The fourth-order valence-electron chi connectivity index (χ4n) is 0.838. The quantitative estimate of drug-likeness (QED) is 0.580. The van der Waals surface area contributed by atoms with E-state index in [9.17, 15) is 4.79 Å². The smallest absolute Gasteiger partial charge is 0.349 e. The van der Waals surface area contributed by atoms with Crippen LogP contribution >= 0.6 is 27.3 Å². The highest BCUT2D eigenvalue weighted by Crippen LogP contribution is 2.27. The van der Waals surface area contributed by atoms with Crippen LogP contribution in [0, 0.1) is 11.8 Å². The Bertz CT molecular complexity index is 398. The molecule has 2 nitrogen and oxygen atoms in total. The topological polar surface area (TPSA) is 26.3 Å². The van der Waals surface area contributed by atoms with E-state index in [1.807, 2.05) is 13.0 Å². The standard InChI is InChI=1S/C10H9BrO2S/c1-3-4-5-7-6-8(11)9(14-7)10(12)13-2/h6H,3H2,1-2H3. The van der Waals surface area contributed by atoms with Gasteiger partial charge in [0.2, 0.25) is 0 Å². The van der Waals surface area contributed by atoms with E-state index in [-0.39, 0.29) is 5.97 Å². The minimum absolute atomic E-state index is 0.327. The van der Waals surface area contributed by atoms with Crippen LogP contribution in [-0.4, -0.2) is 13.1 Å². The molecule has 0 saturated heterocycles. The van der Waals surface area contributed by atoms with Gasteiger partial charge in [-0.15, -0.1) is 11.3 Å². The maximum Gasteiger partial charge on any atom is 0.349 e. The highest BCUT2D eigenvalue weighted by molar-refractivity contribution is 9.10. The van der Waals surface area contributed by atoms with E-state index in [2.05, 4.69) is 32.5 Å². The summed E-state index contributed by atoms with van der Waals surface area (Å²) in [6, 6.07) is 1.83. The number of hydrogen-bond acceptors (Lipinski definition) is 3. The van der Waals surface area contributed by atoms with Crippen LogP contribution in [0.2, 0.25) is 0 Å². The zero-order valence-electron chi connectivity index (χ0n) is 7.89. The minimum atomic E-state index is -0.327. The molecule has 0 unspecified atom stereocenters. The molecule has 0 amide bonds. The number of carbonyl (C=O) groups is 1. The van der Waals surface area contributed by atoms with E-state index in [0.717, 1.165) is 15.8 Å². The summed E-state index contributed by atoms with van der Waals surface area (Å²) in [4.78, 5) is 12.7. The normalized spacial score (nSPS) is 9.07. The summed E-state index contributed by atoms with van der Waals surface area (Å²) in [6.45, 7) is 1.98. The van der Waals surface area contributed by atoms with Gasteiger partial charge in [0.1, 0.15) is 4.88 Å². The molecule has 0 saturated carbocycles. The summed E-state index contributed by atoms with van der Waals surface area (Å²) in [5.74, 6) is 5.59. The van der Waals surface area contributed by atoms with Gasteiger partial charge in [-0.1, -0.05) is 18.8 Å². The minimum Gasteiger partial charge on any atom is -0.465 e. The summed E-state index contributed by atoms with van der Waals surface area (Å²) in [6.07, 6.45) is 0.809. The van der Waals surface area contributed by atoms with Gasteiger partial charge in [0.15, 0.2) is 0 Å². The molecule has 0 aliphatic heterocycles. The number of esters is 1. The number of thiophene rings is 1. The van der Waals surface area contributed by atoms with Crippen molar-refractivity contribution in [1.82, 2.24) is 0 Å². The molecule has 1 rings (SSSR count). The van der Waals surface area contributed by atoms with Crippen LogP contribution in [0.3, 0.4) is 0 Å². The van der Waals surface area contributed by atoms with Crippen molar-refractivity contribution in [2.24, 2.45) is 0 Å². The molecule has 0 N–H and O–H groups in total. The Morgan fingerprint density at radius 3 is 3.00 bits per heavy atom. The number of ether oxygens (including phenoxy) is 1. The molecule has 4 heteroatoms. The third-order valence-corrected chi connectivity index (χ3v) is 3.36. The lowest BCUT2D eigenvalue weighted by atomic mass is 10.4. The van der Waals surface area contributed by atoms with Gasteiger partial charge in [-0.25, -0.2) is 4.79 Å². The van der Waals surface area contributed by atoms with Gasteiger partial charge in [-0.05, 0) is 22.0 Å². The lowest BCUT2D eigenvalue weighted by Gasteiger charge is -1.93. The fourth-order valence-corrected chi connectivity index (χ4v) is 2.47. The Hall–Kier alpha value is -0.790. The molecule has 0 aliphatic carbocycles. The van der Waals surface area contributed by atoms with Crippen LogP contribution in [0.5, 0.6) is 0 Å². The van der Waals surface area contributed by atoms with Crippen LogP contribution in [0.4, 0.5) is 0 Å². The van der Waals surface area contributed by atoms with Gasteiger partial charge in [-0.3, -0.25) is 0 Å². The predicted octanol–water partition coefficient (Wildman–Crippen LogP) is 3.06. The van der Waals surface area contributed by atoms with E-state index in [4.69, 9.17) is 0 Å². The van der Waals surface area contributed by atoms with E-state index >= 15 is 0 Å². The lowest BCUT2D eigenvalue weighted by molar-refractivity contribution is 0.0605. The summed E-state index contributed by atoms with van der Waals surface area (Å²) < 4.78 is 5.37. The van der Waals surface area contributed by atoms with Crippen molar-refractivity contribution in [3.8, 4) is 11.8 Å². The van der Waals surface area contributed by atoms with Gasteiger partial charge >= 0.3 is 5.97 Å². The van der Waals surface area contributed by atoms with Gasteiger partial charge in [-0.2, -0.15) is 0 Å². The first-order valence-electron chi connectivity index (χ1n) is 4.05. The average Bonchev–Trinajstić information content (AvgIpc) is 2.55. The number of halogens is 1. The summed E-state index contributed by atoms with van der Waals surface area (Å²) in [5, 5.41) is 0. The highest BCUT2D eigenvalue weighted by Gasteiger charge is 2.13. The zero-order chi connectivity index (χ0) is 10.6. The molecule has 0 bridgehead atoms. The van der Waals surface area contributed by atoms with E-state index in [1.165, 1.54) is 18.4 Å². The molecular formula is C10H9BrO2S. The maximum absolute atomic E-state index is 11.2. The monoisotopic (exact) mass is 272 g/mol. The average molecular weight is 273 g/mol. The third-order valence-electron chi connectivity index (χ3n) is 1.45. The molecule has 0 spiro atoms. The Balaban J connectivity index is 2.99. The number of rotatable bonds is 1. The van der Waals surface area contributed by atoms with Crippen molar-refractivity contribution in [2.45, 2.75) is 13.3 Å². The first-order valence-corrected chi connectivity index (χ1v) is 5.66. The Labute approximate surface area is 95.4 Å².